The number of ether oxygens (including phenoxy) is 2. The van der Waals surface area contributed by atoms with Gasteiger partial charge in [0.2, 0.25) is 0 Å². The van der Waals surface area contributed by atoms with E-state index in [0.717, 1.165) is 38.7 Å². The monoisotopic (exact) mass is 480 g/mol. The van der Waals surface area contributed by atoms with E-state index in [-0.39, 0.29) is 0 Å². The van der Waals surface area contributed by atoms with Gasteiger partial charge in [0.25, 0.3) is 0 Å². The zero-order chi connectivity index (χ0) is 25.7. The molecule has 5 nitrogen and oxygen atoms in total. The molecule has 3 N–H and O–H groups in total. The number of benzene rings is 4. The molecule has 0 aromatic heterocycles. The van der Waals surface area contributed by atoms with Crippen LogP contribution in [0.1, 0.15) is 36.1 Å². The number of nitrogen functional groups attached to an aromatic ring is 1. The van der Waals surface area contributed by atoms with Crippen LogP contribution in [0.25, 0.3) is 16.8 Å². The lowest BCUT2D eigenvalue weighted by Gasteiger charge is -2.38. The van der Waals surface area contributed by atoms with Gasteiger partial charge in [0.15, 0.2) is 5.60 Å². The summed E-state index contributed by atoms with van der Waals surface area (Å²) in [6, 6.07) is 24.3. The molecular formula is C31H32N2O3. The summed E-state index contributed by atoms with van der Waals surface area (Å²) >= 11 is 0. The smallest absolute Gasteiger partial charge is 0.178 e. The number of hydrogen-bond acceptors (Lipinski definition) is 5. The minimum atomic E-state index is -1.10. The Morgan fingerprint density at radius 2 is 1.58 bits per heavy atom. The molecule has 1 unspecified atom stereocenters. The number of methoxy groups -OCH3 is 1. The zero-order valence-electron chi connectivity index (χ0n) is 21.4. The van der Waals surface area contributed by atoms with Gasteiger partial charge in [-0.3, -0.25) is 0 Å². The maximum atomic E-state index is 11.1. The van der Waals surface area contributed by atoms with Crippen LogP contribution in [-0.4, -0.2) is 26.3 Å². The quantitative estimate of drug-likeness (QED) is 0.339. The van der Waals surface area contributed by atoms with Gasteiger partial charge in [0, 0.05) is 59.0 Å². The Kier molecular flexibility index (Phi) is 5.68. The Bertz CT molecular complexity index is 1450. The fraction of sp³-hybridized carbons (Fsp3) is 0.226. The Balaban J connectivity index is 1.83. The van der Waals surface area contributed by atoms with Crippen molar-refractivity contribution >= 4 is 28.2 Å². The van der Waals surface area contributed by atoms with Crippen molar-refractivity contribution in [2.45, 2.75) is 25.0 Å². The second-order valence-corrected chi connectivity index (χ2v) is 10.0. The van der Waals surface area contributed by atoms with Gasteiger partial charge in [-0.15, -0.1) is 0 Å². The zero-order valence-corrected chi connectivity index (χ0v) is 21.4. The average Bonchev–Trinajstić information content (AvgIpc) is 2.87. The van der Waals surface area contributed by atoms with Crippen molar-refractivity contribution in [1.82, 2.24) is 0 Å². The highest BCUT2D eigenvalue weighted by atomic mass is 16.5. The summed E-state index contributed by atoms with van der Waals surface area (Å²) in [5.74, 6) is 1.30. The molecule has 1 atom stereocenters. The second kappa shape index (κ2) is 8.61. The van der Waals surface area contributed by atoms with Gasteiger partial charge in [0.1, 0.15) is 11.5 Å². The molecule has 0 aliphatic carbocycles. The molecule has 1 aliphatic heterocycles. The number of hydrogen-bond donors (Lipinski definition) is 2. The van der Waals surface area contributed by atoms with E-state index in [0.29, 0.717) is 17.2 Å². The van der Waals surface area contributed by atoms with Crippen molar-refractivity contribution in [2.75, 3.05) is 31.8 Å². The van der Waals surface area contributed by atoms with E-state index in [2.05, 4.69) is 53.5 Å². The molecule has 36 heavy (non-hydrogen) atoms. The van der Waals surface area contributed by atoms with Gasteiger partial charge in [-0.25, -0.2) is 0 Å². The van der Waals surface area contributed by atoms with Crippen LogP contribution in [0.15, 0.2) is 78.9 Å². The minimum absolute atomic E-state index is 0.580. The molecule has 0 saturated heterocycles. The molecule has 1 aliphatic rings. The van der Waals surface area contributed by atoms with Crippen molar-refractivity contribution in [3.05, 3.63) is 101 Å². The summed E-state index contributed by atoms with van der Waals surface area (Å²) in [4.78, 5) is 2.07. The van der Waals surface area contributed by atoms with Crippen LogP contribution in [0.2, 0.25) is 0 Å². The van der Waals surface area contributed by atoms with Crippen LogP contribution in [0.4, 0.5) is 11.4 Å². The van der Waals surface area contributed by atoms with Gasteiger partial charge in [-0.1, -0.05) is 48.5 Å². The molecule has 5 rings (SSSR count). The molecule has 5 heteroatoms. The van der Waals surface area contributed by atoms with Gasteiger partial charge in [0.05, 0.1) is 12.7 Å². The van der Waals surface area contributed by atoms with Crippen molar-refractivity contribution < 1.29 is 14.6 Å². The third kappa shape index (κ3) is 3.86. The van der Waals surface area contributed by atoms with E-state index in [1.54, 1.807) is 27.0 Å². The fourth-order valence-corrected chi connectivity index (χ4v) is 4.99. The number of fused-ring (bicyclic) bond motifs is 3. The molecular weight excluding hydrogens is 448 g/mol. The van der Waals surface area contributed by atoms with Crippen molar-refractivity contribution in [2.24, 2.45) is 0 Å². The van der Waals surface area contributed by atoms with Crippen molar-refractivity contribution in [3.63, 3.8) is 0 Å². The lowest BCUT2D eigenvalue weighted by molar-refractivity contribution is 0.0773. The van der Waals surface area contributed by atoms with E-state index in [4.69, 9.17) is 15.2 Å². The summed E-state index contributed by atoms with van der Waals surface area (Å²) in [6.07, 6.45) is 4.15. The Labute approximate surface area is 212 Å². The number of anilines is 2. The fourth-order valence-electron chi connectivity index (χ4n) is 4.99. The van der Waals surface area contributed by atoms with E-state index in [9.17, 15) is 5.11 Å². The highest BCUT2D eigenvalue weighted by Gasteiger charge is 2.39. The second-order valence-electron chi connectivity index (χ2n) is 10.0. The van der Waals surface area contributed by atoms with Crippen LogP contribution in [0.3, 0.4) is 0 Å². The van der Waals surface area contributed by atoms with Crippen molar-refractivity contribution in [1.29, 1.82) is 0 Å². The van der Waals surface area contributed by atoms with E-state index < -0.39 is 11.2 Å². The Morgan fingerprint density at radius 1 is 0.917 bits per heavy atom. The lowest BCUT2D eigenvalue weighted by atomic mass is 9.81. The first-order valence-corrected chi connectivity index (χ1v) is 12.0. The third-order valence-electron chi connectivity index (χ3n) is 6.87. The van der Waals surface area contributed by atoms with Gasteiger partial charge >= 0.3 is 0 Å². The van der Waals surface area contributed by atoms with E-state index in [1.165, 1.54) is 0 Å². The summed E-state index contributed by atoms with van der Waals surface area (Å²) in [5.41, 5.74) is 9.59. The minimum Gasteiger partial charge on any atom is -0.496 e. The Morgan fingerprint density at radius 3 is 2.19 bits per heavy atom. The highest BCUT2D eigenvalue weighted by molar-refractivity contribution is 6.00. The average molecular weight is 481 g/mol. The molecule has 0 saturated carbocycles. The standard InChI is InChI=1S/C31H32N2O3/c1-30(2,34)27-19-25-26(17-22(32)18-28(25)35-5)29-24(27)15-16-31(36-29,20-9-7-6-8-10-20)21-11-13-23(14-12-21)33(3)4/h6-19,34H,32H2,1-5H3. The number of nitrogens with zero attached hydrogens (tertiary/aromatic N) is 1. The van der Waals surface area contributed by atoms with E-state index in [1.807, 2.05) is 44.4 Å². The van der Waals surface area contributed by atoms with Gasteiger partial charge in [-0.2, -0.15) is 0 Å². The number of aliphatic hydroxyl groups is 1. The number of nitrogens with two attached hydrogens (primary N) is 1. The van der Waals surface area contributed by atoms with Crippen LogP contribution < -0.4 is 20.1 Å². The largest absolute Gasteiger partial charge is 0.496 e. The highest BCUT2D eigenvalue weighted by Crippen LogP contribution is 2.49. The molecule has 0 bridgehead atoms. The molecule has 0 fully saturated rings. The molecule has 0 radical (unpaired) electrons. The third-order valence-corrected chi connectivity index (χ3v) is 6.87. The summed E-state index contributed by atoms with van der Waals surface area (Å²) in [6.45, 7) is 3.57. The molecule has 184 valence electrons. The summed E-state index contributed by atoms with van der Waals surface area (Å²) in [5, 5.41) is 12.8. The maximum Gasteiger partial charge on any atom is 0.178 e. The SMILES string of the molecule is COc1cc(N)cc2c3c(c(C(C)(C)O)cc12)C=CC(c1ccccc1)(c1ccc(N(C)C)cc1)O3. The predicted octanol–water partition coefficient (Wildman–Crippen LogP) is 6.07. The maximum absolute atomic E-state index is 11.1. The first-order chi connectivity index (χ1) is 17.1. The Hall–Kier alpha value is -3.96. The predicted molar refractivity (Wildman–Crippen MR) is 148 cm³/mol. The topological polar surface area (TPSA) is 68.0 Å². The lowest BCUT2D eigenvalue weighted by Crippen LogP contribution is -2.35. The first kappa shape index (κ1) is 23.8. The van der Waals surface area contributed by atoms with Crippen LogP contribution in [0, 0.1) is 0 Å². The van der Waals surface area contributed by atoms with Gasteiger partial charge in [-0.05, 0) is 49.8 Å². The summed E-state index contributed by atoms with van der Waals surface area (Å²) < 4.78 is 12.8. The molecule has 1 heterocycles. The van der Waals surface area contributed by atoms with Crippen molar-refractivity contribution in [3.8, 4) is 11.5 Å². The van der Waals surface area contributed by atoms with Crippen LogP contribution in [-0.2, 0) is 11.2 Å². The number of rotatable bonds is 5. The molecule has 4 aromatic carbocycles. The normalized spacial score (nSPS) is 16.9. The molecule has 4 aromatic rings. The van der Waals surface area contributed by atoms with Gasteiger partial charge < -0.3 is 25.2 Å². The molecule has 0 amide bonds. The van der Waals surface area contributed by atoms with Crippen LogP contribution in [0.5, 0.6) is 11.5 Å². The van der Waals surface area contributed by atoms with Crippen LogP contribution >= 0.6 is 0 Å². The summed E-state index contributed by atoms with van der Waals surface area (Å²) in [7, 11) is 5.67. The molecule has 0 spiro atoms. The van der Waals surface area contributed by atoms with E-state index >= 15 is 0 Å². The first-order valence-electron chi connectivity index (χ1n) is 12.0.